The molecular weight excluding hydrogens is 214 g/mol. The van der Waals surface area contributed by atoms with E-state index in [4.69, 9.17) is 9.47 Å². The molecule has 1 rings (SSSR count). The highest BCUT2D eigenvalue weighted by atomic mass is 16.5. The van der Waals surface area contributed by atoms with Gasteiger partial charge in [0.2, 0.25) is 0 Å². The van der Waals surface area contributed by atoms with E-state index in [9.17, 15) is 0 Å². The van der Waals surface area contributed by atoms with Crippen LogP contribution in [0.1, 0.15) is 19.3 Å². The summed E-state index contributed by atoms with van der Waals surface area (Å²) in [5.41, 5.74) is 0. The predicted octanol–water partition coefficient (Wildman–Crippen LogP) is 2.47. The number of hydrogen-bond acceptors (Lipinski definition) is 3. The lowest BCUT2D eigenvalue weighted by Gasteiger charge is -2.06. The number of nitrogens with one attached hydrogen (secondary N) is 1. The molecule has 0 saturated carbocycles. The third-order valence-corrected chi connectivity index (χ3v) is 2.46. The van der Waals surface area contributed by atoms with Crippen molar-refractivity contribution >= 4 is 0 Å². The van der Waals surface area contributed by atoms with Crippen LogP contribution in [-0.4, -0.2) is 33.4 Å². The Kier molecular flexibility index (Phi) is 8.33. The first kappa shape index (κ1) is 14.0. The van der Waals surface area contributed by atoms with Gasteiger partial charge in [-0.3, -0.25) is 0 Å². The Morgan fingerprint density at radius 2 is 1.76 bits per heavy atom. The standard InChI is InChI=1S/C14H23NO2/c1-15-10-6-3-7-11-16-12-13-17-14-8-4-2-5-9-14/h2,4-5,8-9,15H,3,6-7,10-13H2,1H3. The fraction of sp³-hybridized carbons (Fsp3) is 0.571. The molecule has 0 bridgehead atoms. The zero-order chi connectivity index (χ0) is 12.2. The van der Waals surface area contributed by atoms with Gasteiger partial charge in [0.1, 0.15) is 12.4 Å². The van der Waals surface area contributed by atoms with Crippen molar-refractivity contribution in [1.29, 1.82) is 0 Å². The molecule has 0 aliphatic rings. The molecule has 3 heteroatoms. The number of benzene rings is 1. The Balaban J connectivity index is 1.85. The molecule has 0 heterocycles. The van der Waals surface area contributed by atoms with Crippen molar-refractivity contribution in [3.05, 3.63) is 30.3 Å². The molecule has 0 radical (unpaired) electrons. The van der Waals surface area contributed by atoms with Crippen LogP contribution >= 0.6 is 0 Å². The molecule has 17 heavy (non-hydrogen) atoms. The first-order chi connectivity index (χ1) is 8.43. The van der Waals surface area contributed by atoms with Crippen LogP contribution < -0.4 is 10.1 Å². The van der Waals surface area contributed by atoms with E-state index < -0.39 is 0 Å². The third kappa shape index (κ3) is 7.77. The van der Waals surface area contributed by atoms with Crippen LogP contribution in [0.25, 0.3) is 0 Å². The maximum absolute atomic E-state index is 5.52. The molecule has 0 aliphatic carbocycles. The lowest BCUT2D eigenvalue weighted by molar-refractivity contribution is 0.0972. The molecule has 96 valence electrons. The Hall–Kier alpha value is -1.06. The van der Waals surface area contributed by atoms with Crippen LogP contribution in [0.3, 0.4) is 0 Å². The summed E-state index contributed by atoms with van der Waals surface area (Å²) in [4.78, 5) is 0. The molecule has 0 spiro atoms. The largest absolute Gasteiger partial charge is 0.491 e. The molecule has 0 aliphatic heterocycles. The van der Waals surface area contributed by atoms with Gasteiger partial charge in [0.15, 0.2) is 0 Å². The van der Waals surface area contributed by atoms with E-state index in [1.165, 1.54) is 12.8 Å². The van der Waals surface area contributed by atoms with Crippen LogP contribution in [-0.2, 0) is 4.74 Å². The fourth-order valence-electron chi connectivity index (χ4n) is 1.52. The maximum atomic E-state index is 5.52. The third-order valence-electron chi connectivity index (χ3n) is 2.46. The second-order valence-corrected chi connectivity index (χ2v) is 3.94. The second-order valence-electron chi connectivity index (χ2n) is 3.94. The SMILES string of the molecule is CNCCCCCOCCOc1ccccc1. The zero-order valence-electron chi connectivity index (χ0n) is 10.7. The van der Waals surface area contributed by atoms with Crippen LogP contribution in [0.4, 0.5) is 0 Å². The van der Waals surface area contributed by atoms with E-state index in [0.29, 0.717) is 13.2 Å². The van der Waals surface area contributed by atoms with E-state index in [1.807, 2.05) is 37.4 Å². The van der Waals surface area contributed by atoms with Gasteiger partial charge < -0.3 is 14.8 Å². The highest BCUT2D eigenvalue weighted by Crippen LogP contribution is 2.07. The highest BCUT2D eigenvalue weighted by Gasteiger charge is 1.92. The Morgan fingerprint density at radius 3 is 2.53 bits per heavy atom. The van der Waals surface area contributed by atoms with Crippen LogP contribution in [0.5, 0.6) is 5.75 Å². The lowest BCUT2D eigenvalue weighted by atomic mass is 10.2. The van der Waals surface area contributed by atoms with E-state index in [0.717, 1.165) is 25.3 Å². The molecule has 0 fully saturated rings. The van der Waals surface area contributed by atoms with Crippen molar-refractivity contribution in [3.8, 4) is 5.75 Å². The average Bonchev–Trinajstić information content (AvgIpc) is 2.38. The van der Waals surface area contributed by atoms with E-state index in [2.05, 4.69) is 5.32 Å². The number of hydrogen-bond donors (Lipinski definition) is 1. The molecule has 0 atom stereocenters. The Morgan fingerprint density at radius 1 is 0.941 bits per heavy atom. The molecule has 0 amide bonds. The summed E-state index contributed by atoms with van der Waals surface area (Å²) in [7, 11) is 1.98. The molecule has 0 saturated heterocycles. The quantitative estimate of drug-likeness (QED) is 0.634. The normalized spacial score (nSPS) is 10.4. The molecule has 1 aromatic rings. The fourth-order valence-corrected chi connectivity index (χ4v) is 1.52. The highest BCUT2D eigenvalue weighted by molar-refractivity contribution is 5.20. The summed E-state index contributed by atoms with van der Waals surface area (Å²) < 4.78 is 11.0. The van der Waals surface area contributed by atoms with Crippen molar-refractivity contribution < 1.29 is 9.47 Å². The van der Waals surface area contributed by atoms with Gasteiger partial charge in [0, 0.05) is 6.61 Å². The summed E-state index contributed by atoms with van der Waals surface area (Å²) in [5, 5.41) is 3.14. The zero-order valence-corrected chi connectivity index (χ0v) is 10.7. The van der Waals surface area contributed by atoms with Gasteiger partial charge in [-0.15, -0.1) is 0 Å². The Labute approximate surface area is 104 Å². The van der Waals surface area contributed by atoms with Gasteiger partial charge in [-0.1, -0.05) is 18.2 Å². The molecule has 1 N–H and O–H groups in total. The summed E-state index contributed by atoms with van der Waals surface area (Å²) in [6.07, 6.45) is 3.58. The molecule has 0 aromatic heterocycles. The van der Waals surface area contributed by atoms with Gasteiger partial charge in [-0.05, 0) is 45.0 Å². The molecular formula is C14H23NO2. The number of rotatable bonds is 10. The summed E-state index contributed by atoms with van der Waals surface area (Å²) in [5.74, 6) is 0.908. The summed E-state index contributed by atoms with van der Waals surface area (Å²) in [6, 6.07) is 9.83. The summed E-state index contributed by atoms with van der Waals surface area (Å²) in [6.45, 7) is 3.22. The van der Waals surface area contributed by atoms with Crippen LogP contribution in [0.15, 0.2) is 30.3 Å². The lowest BCUT2D eigenvalue weighted by Crippen LogP contribution is -2.09. The first-order valence-electron chi connectivity index (χ1n) is 6.33. The smallest absolute Gasteiger partial charge is 0.119 e. The monoisotopic (exact) mass is 237 g/mol. The molecule has 1 aromatic carbocycles. The van der Waals surface area contributed by atoms with Crippen molar-refractivity contribution in [2.75, 3.05) is 33.4 Å². The Bertz CT molecular complexity index is 264. The van der Waals surface area contributed by atoms with E-state index >= 15 is 0 Å². The minimum atomic E-state index is 0.626. The van der Waals surface area contributed by atoms with Gasteiger partial charge in [0.25, 0.3) is 0 Å². The van der Waals surface area contributed by atoms with E-state index in [-0.39, 0.29) is 0 Å². The number of ether oxygens (including phenoxy) is 2. The van der Waals surface area contributed by atoms with Gasteiger partial charge >= 0.3 is 0 Å². The van der Waals surface area contributed by atoms with E-state index in [1.54, 1.807) is 0 Å². The second kappa shape index (κ2) is 10.1. The maximum Gasteiger partial charge on any atom is 0.119 e. The van der Waals surface area contributed by atoms with Crippen molar-refractivity contribution in [3.63, 3.8) is 0 Å². The average molecular weight is 237 g/mol. The van der Waals surface area contributed by atoms with Gasteiger partial charge in [-0.2, -0.15) is 0 Å². The topological polar surface area (TPSA) is 30.5 Å². The molecule has 0 unspecified atom stereocenters. The first-order valence-corrected chi connectivity index (χ1v) is 6.33. The van der Waals surface area contributed by atoms with Crippen molar-refractivity contribution in [2.45, 2.75) is 19.3 Å². The predicted molar refractivity (Wildman–Crippen MR) is 70.5 cm³/mol. The van der Waals surface area contributed by atoms with Crippen LogP contribution in [0.2, 0.25) is 0 Å². The summed E-state index contributed by atoms with van der Waals surface area (Å²) >= 11 is 0. The minimum Gasteiger partial charge on any atom is -0.491 e. The minimum absolute atomic E-state index is 0.626. The van der Waals surface area contributed by atoms with Crippen molar-refractivity contribution in [1.82, 2.24) is 5.32 Å². The number of para-hydroxylation sites is 1. The van der Waals surface area contributed by atoms with Crippen LogP contribution in [0, 0.1) is 0 Å². The number of unbranched alkanes of at least 4 members (excludes halogenated alkanes) is 2. The van der Waals surface area contributed by atoms with Gasteiger partial charge in [0.05, 0.1) is 6.61 Å². The van der Waals surface area contributed by atoms with Gasteiger partial charge in [-0.25, -0.2) is 0 Å². The molecule has 3 nitrogen and oxygen atoms in total. The van der Waals surface area contributed by atoms with Crippen molar-refractivity contribution in [2.24, 2.45) is 0 Å².